The highest BCUT2D eigenvalue weighted by molar-refractivity contribution is 5.57. The van der Waals surface area contributed by atoms with Crippen LogP contribution in [0.5, 0.6) is 0 Å². The van der Waals surface area contributed by atoms with E-state index in [0.717, 1.165) is 6.54 Å². The van der Waals surface area contributed by atoms with Gasteiger partial charge in [-0.15, -0.1) is 0 Å². The van der Waals surface area contributed by atoms with E-state index in [1.54, 1.807) is 0 Å². The van der Waals surface area contributed by atoms with Crippen molar-refractivity contribution in [3.63, 3.8) is 0 Å². The molecule has 0 saturated carbocycles. The standard InChI is InChI=1S/C26H40N2/c1-26(2)17-9-10-24(22-26)12-11-23-13-15-25(16-14-23)27(3)18-7-8-21-28-19-5-4-6-20-28/h10-16H,4-9,17-22H2,1-3H3. The lowest BCUT2D eigenvalue weighted by Crippen LogP contribution is -2.31. The number of benzene rings is 1. The molecule has 1 aliphatic heterocycles. The summed E-state index contributed by atoms with van der Waals surface area (Å²) in [4.78, 5) is 5.05. The van der Waals surface area contributed by atoms with E-state index < -0.39 is 0 Å². The Morgan fingerprint density at radius 3 is 2.46 bits per heavy atom. The number of piperidine rings is 1. The van der Waals surface area contributed by atoms with E-state index in [1.165, 1.54) is 87.8 Å². The minimum Gasteiger partial charge on any atom is -0.375 e. The molecule has 3 rings (SSSR count). The fourth-order valence-electron chi connectivity index (χ4n) is 4.53. The van der Waals surface area contributed by atoms with Crippen LogP contribution < -0.4 is 4.90 Å². The monoisotopic (exact) mass is 380 g/mol. The molecule has 154 valence electrons. The molecule has 1 fully saturated rings. The zero-order valence-corrected chi connectivity index (χ0v) is 18.4. The Labute approximate surface area is 173 Å². The molecule has 0 bridgehead atoms. The molecule has 2 heteroatoms. The van der Waals surface area contributed by atoms with Gasteiger partial charge in [0.15, 0.2) is 0 Å². The SMILES string of the molecule is CN(CCCCN1CCCCC1)c1ccc(C=CC2=CCCC(C)(C)C2)cc1. The Morgan fingerprint density at radius 1 is 1.00 bits per heavy atom. The van der Waals surface area contributed by atoms with Crippen molar-refractivity contribution in [3.05, 3.63) is 47.6 Å². The minimum atomic E-state index is 0.453. The van der Waals surface area contributed by atoms with Crippen LogP contribution in [0.1, 0.15) is 70.8 Å². The zero-order valence-electron chi connectivity index (χ0n) is 18.4. The quantitative estimate of drug-likeness (QED) is 0.472. The van der Waals surface area contributed by atoms with Crippen LogP contribution in [0.25, 0.3) is 6.08 Å². The number of anilines is 1. The second kappa shape index (κ2) is 10.3. The fourth-order valence-corrected chi connectivity index (χ4v) is 4.53. The van der Waals surface area contributed by atoms with Crippen molar-refractivity contribution in [2.24, 2.45) is 5.41 Å². The lowest BCUT2D eigenvalue weighted by Gasteiger charge is -2.28. The predicted octanol–water partition coefficient (Wildman–Crippen LogP) is 6.54. The molecule has 1 aromatic carbocycles. The van der Waals surface area contributed by atoms with Gasteiger partial charge in [-0.2, -0.15) is 0 Å². The average molecular weight is 381 g/mol. The van der Waals surface area contributed by atoms with Gasteiger partial charge in [-0.25, -0.2) is 0 Å². The molecule has 1 aromatic rings. The van der Waals surface area contributed by atoms with E-state index in [0.29, 0.717) is 5.41 Å². The number of rotatable bonds is 8. The Kier molecular flexibility index (Phi) is 7.79. The highest BCUT2D eigenvalue weighted by atomic mass is 15.1. The van der Waals surface area contributed by atoms with E-state index in [1.807, 2.05) is 0 Å². The lowest BCUT2D eigenvalue weighted by molar-refractivity contribution is 0.225. The van der Waals surface area contributed by atoms with Crippen molar-refractivity contribution in [3.8, 4) is 0 Å². The Bertz CT molecular complexity index is 648. The van der Waals surface area contributed by atoms with Gasteiger partial charge < -0.3 is 9.80 Å². The predicted molar refractivity (Wildman–Crippen MR) is 124 cm³/mol. The maximum absolute atomic E-state index is 2.65. The van der Waals surface area contributed by atoms with Gasteiger partial charge in [0.25, 0.3) is 0 Å². The van der Waals surface area contributed by atoms with Crippen LogP contribution in [0.2, 0.25) is 0 Å². The van der Waals surface area contributed by atoms with Crippen molar-refractivity contribution < 1.29 is 0 Å². The van der Waals surface area contributed by atoms with Gasteiger partial charge in [0.2, 0.25) is 0 Å². The number of likely N-dealkylation sites (tertiary alicyclic amines) is 1. The van der Waals surface area contributed by atoms with Crippen LogP contribution in [0.4, 0.5) is 5.69 Å². The number of allylic oxidation sites excluding steroid dienone is 3. The van der Waals surface area contributed by atoms with Crippen LogP contribution in [0.3, 0.4) is 0 Å². The molecule has 1 heterocycles. The van der Waals surface area contributed by atoms with Crippen molar-refractivity contribution in [1.82, 2.24) is 4.90 Å². The van der Waals surface area contributed by atoms with Gasteiger partial charge in [0.1, 0.15) is 0 Å². The molecular formula is C26H40N2. The molecule has 0 atom stereocenters. The van der Waals surface area contributed by atoms with Gasteiger partial charge in [-0.1, -0.05) is 56.2 Å². The molecule has 1 saturated heterocycles. The van der Waals surface area contributed by atoms with Gasteiger partial charge in [-0.3, -0.25) is 0 Å². The molecule has 28 heavy (non-hydrogen) atoms. The topological polar surface area (TPSA) is 6.48 Å². The van der Waals surface area contributed by atoms with E-state index >= 15 is 0 Å². The molecule has 1 aliphatic carbocycles. The molecule has 0 unspecified atom stereocenters. The number of nitrogens with zero attached hydrogens (tertiary/aromatic N) is 2. The smallest absolute Gasteiger partial charge is 0.0364 e. The van der Waals surface area contributed by atoms with Crippen molar-refractivity contribution >= 4 is 11.8 Å². The Hall–Kier alpha value is -1.54. The first-order valence-electron chi connectivity index (χ1n) is 11.4. The summed E-state index contributed by atoms with van der Waals surface area (Å²) >= 11 is 0. The van der Waals surface area contributed by atoms with Crippen molar-refractivity contribution in [2.45, 2.75) is 65.2 Å². The molecular weight excluding hydrogens is 340 g/mol. The Balaban J connectivity index is 1.41. The third-order valence-corrected chi connectivity index (χ3v) is 6.40. The summed E-state index contributed by atoms with van der Waals surface area (Å²) in [5.74, 6) is 0. The Morgan fingerprint density at radius 2 is 1.75 bits per heavy atom. The summed E-state index contributed by atoms with van der Waals surface area (Å²) in [5.41, 5.74) is 4.57. The average Bonchev–Trinajstić information content (AvgIpc) is 2.70. The third-order valence-electron chi connectivity index (χ3n) is 6.40. The largest absolute Gasteiger partial charge is 0.375 e. The normalized spacial score (nSPS) is 20.3. The van der Waals surface area contributed by atoms with Crippen LogP contribution in [0.15, 0.2) is 42.0 Å². The first-order chi connectivity index (χ1) is 13.5. The summed E-state index contributed by atoms with van der Waals surface area (Å²) in [6.07, 6.45) is 17.5. The molecule has 0 aromatic heterocycles. The number of unbranched alkanes of at least 4 members (excludes halogenated alkanes) is 1. The minimum absolute atomic E-state index is 0.453. The molecule has 0 amide bonds. The maximum Gasteiger partial charge on any atom is 0.0364 e. The van der Waals surface area contributed by atoms with Gasteiger partial charge >= 0.3 is 0 Å². The van der Waals surface area contributed by atoms with E-state index in [-0.39, 0.29) is 0 Å². The summed E-state index contributed by atoms with van der Waals surface area (Å²) in [5, 5.41) is 0. The summed E-state index contributed by atoms with van der Waals surface area (Å²) < 4.78 is 0. The highest BCUT2D eigenvalue weighted by Gasteiger charge is 2.21. The lowest BCUT2D eigenvalue weighted by atomic mass is 9.77. The van der Waals surface area contributed by atoms with E-state index in [9.17, 15) is 0 Å². The van der Waals surface area contributed by atoms with E-state index in [4.69, 9.17) is 0 Å². The van der Waals surface area contributed by atoms with Crippen molar-refractivity contribution in [2.75, 3.05) is 38.1 Å². The van der Waals surface area contributed by atoms with Crippen molar-refractivity contribution in [1.29, 1.82) is 0 Å². The molecule has 2 aliphatic rings. The molecule has 0 radical (unpaired) electrons. The second-order valence-electron chi connectivity index (χ2n) is 9.61. The van der Waals surface area contributed by atoms with Gasteiger partial charge in [-0.05, 0) is 87.7 Å². The summed E-state index contributed by atoms with van der Waals surface area (Å²) in [6.45, 7) is 9.82. The first kappa shape index (κ1) is 21.2. The molecule has 0 N–H and O–H groups in total. The van der Waals surface area contributed by atoms with Crippen LogP contribution in [0, 0.1) is 5.41 Å². The van der Waals surface area contributed by atoms with E-state index in [2.05, 4.69) is 73.2 Å². The van der Waals surface area contributed by atoms with Crippen LogP contribution >= 0.6 is 0 Å². The maximum atomic E-state index is 2.65. The second-order valence-corrected chi connectivity index (χ2v) is 9.61. The first-order valence-corrected chi connectivity index (χ1v) is 11.4. The summed E-state index contributed by atoms with van der Waals surface area (Å²) in [7, 11) is 2.22. The third kappa shape index (κ3) is 6.81. The fraction of sp³-hybridized carbons (Fsp3) is 0.615. The van der Waals surface area contributed by atoms with Crippen LogP contribution in [-0.2, 0) is 0 Å². The van der Waals surface area contributed by atoms with Crippen LogP contribution in [-0.4, -0.2) is 38.1 Å². The number of hydrogen-bond donors (Lipinski definition) is 0. The number of hydrogen-bond acceptors (Lipinski definition) is 2. The zero-order chi connectivity index (χ0) is 19.8. The molecule has 2 nitrogen and oxygen atoms in total. The highest BCUT2D eigenvalue weighted by Crippen LogP contribution is 2.35. The van der Waals surface area contributed by atoms with Gasteiger partial charge in [0.05, 0.1) is 0 Å². The van der Waals surface area contributed by atoms with Gasteiger partial charge in [0, 0.05) is 19.3 Å². The molecule has 0 spiro atoms. The summed E-state index contributed by atoms with van der Waals surface area (Å²) in [6, 6.07) is 9.04.